The van der Waals surface area contributed by atoms with Gasteiger partial charge in [0.2, 0.25) is 0 Å². The fourth-order valence-corrected chi connectivity index (χ4v) is 5.17. The van der Waals surface area contributed by atoms with Gasteiger partial charge in [0, 0.05) is 42.8 Å². The van der Waals surface area contributed by atoms with E-state index >= 15 is 0 Å². The maximum atomic E-state index is 14.2. The third kappa shape index (κ3) is 3.89. The Balaban J connectivity index is 1.80. The number of aliphatic hydroxyl groups excluding tert-OH is 1. The van der Waals surface area contributed by atoms with Crippen LogP contribution in [0.4, 0.5) is 15.9 Å². The Morgan fingerprint density at radius 1 is 1.21 bits per heavy atom. The summed E-state index contributed by atoms with van der Waals surface area (Å²) in [4.78, 5) is 7.21. The standard InChI is InChI=1S/C21H24FN3O3S/c1-14-10-16-18(23-6-8-26)12-21(24-19(16)11-17(14)22)25-7-9-29(27,28)20-5-3-2-4-15(20)13-25/h2-5,10-12,26-28H,6-9,13H2,1H3,(H,23,24). The van der Waals surface area contributed by atoms with Crippen LogP contribution in [0, 0.1) is 12.7 Å². The van der Waals surface area contributed by atoms with E-state index in [1.807, 2.05) is 23.1 Å². The first kappa shape index (κ1) is 19.9. The quantitative estimate of drug-likeness (QED) is 0.508. The minimum Gasteiger partial charge on any atom is -0.395 e. The van der Waals surface area contributed by atoms with Gasteiger partial charge < -0.3 is 15.3 Å². The minimum absolute atomic E-state index is 0.0304. The van der Waals surface area contributed by atoms with Crippen LogP contribution in [0.3, 0.4) is 0 Å². The number of pyridine rings is 1. The molecule has 154 valence electrons. The number of fused-ring (bicyclic) bond motifs is 2. The van der Waals surface area contributed by atoms with Gasteiger partial charge in [-0.3, -0.25) is 9.11 Å². The molecule has 0 radical (unpaired) electrons. The van der Waals surface area contributed by atoms with Crippen LogP contribution in [0.25, 0.3) is 10.9 Å². The number of aromatic nitrogens is 1. The molecule has 8 heteroatoms. The zero-order chi connectivity index (χ0) is 20.6. The highest BCUT2D eigenvalue weighted by Crippen LogP contribution is 2.51. The highest BCUT2D eigenvalue weighted by molar-refractivity contribution is 8.24. The number of hydrogen-bond acceptors (Lipinski definition) is 6. The lowest BCUT2D eigenvalue weighted by Gasteiger charge is -2.32. The molecular formula is C21H24FN3O3S. The molecule has 0 unspecified atom stereocenters. The van der Waals surface area contributed by atoms with Crippen molar-refractivity contribution in [3.63, 3.8) is 0 Å². The van der Waals surface area contributed by atoms with Gasteiger partial charge in [-0.2, -0.15) is 10.6 Å². The second-order valence-electron chi connectivity index (χ2n) is 7.20. The third-order valence-electron chi connectivity index (χ3n) is 5.16. The summed E-state index contributed by atoms with van der Waals surface area (Å²) >= 11 is 0. The fraction of sp³-hybridized carbons (Fsp3) is 0.286. The van der Waals surface area contributed by atoms with Crippen LogP contribution in [-0.2, 0) is 6.54 Å². The third-order valence-corrected chi connectivity index (χ3v) is 7.01. The van der Waals surface area contributed by atoms with Gasteiger partial charge in [0.1, 0.15) is 11.6 Å². The van der Waals surface area contributed by atoms with Crippen molar-refractivity contribution in [2.45, 2.75) is 18.4 Å². The molecule has 2 heterocycles. The van der Waals surface area contributed by atoms with Crippen molar-refractivity contribution >= 4 is 33.0 Å². The van der Waals surface area contributed by atoms with Gasteiger partial charge in [-0.15, -0.1) is 0 Å². The van der Waals surface area contributed by atoms with Crippen molar-refractivity contribution in [1.29, 1.82) is 0 Å². The summed E-state index contributed by atoms with van der Waals surface area (Å²) in [5, 5.41) is 13.2. The Hall–Kier alpha value is -2.39. The number of aryl methyl sites for hydroxylation is 1. The highest BCUT2D eigenvalue weighted by Gasteiger charge is 2.26. The number of anilines is 2. The predicted molar refractivity (Wildman–Crippen MR) is 115 cm³/mol. The monoisotopic (exact) mass is 417 g/mol. The number of nitrogens with one attached hydrogen (secondary N) is 1. The molecule has 0 amide bonds. The van der Waals surface area contributed by atoms with Crippen molar-refractivity contribution in [2.75, 3.05) is 35.7 Å². The number of aliphatic hydroxyl groups is 1. The van der Waals surface area contributed by atoms with Crippen LogP contribution in [0.2, 0.25) is 0 Å². The summed E-state index contributed by atoms with van der Waals surface area (Å²) < 4.78 is 35.4. The smallest absolute Gasteiger partial charge is 0.131 e. The number of hydrogen-bond donors (Lipinski definition) is 4. The zero-order valence-electron chi connectivity index (χ0n) is 16.1. The van der Waals surface area contributed by atoms with Crippen molar-refractivity contribution in [1.82, 2.24) is 4.98 Å². The van der Waals surface area contributed by atoms with Crippen LogP contribution < -0.4 is 10.2 Å². The molecule has 0 fully saturated rings. The minimum atomic E-state index is -2.88. The molecule has 0 spiro atoms. The van der Waals surface area contributed by atoms with E-state index in [0.717, 1.165) is 16.6 Å². The van der Waals surface area contributed by atoms with Crippen molar-refractivity contribution in [3.8, 4) is 0 Å². The Labute approximate surface area is 170 Å². The van der Waals surface area contributed by atoms with E-state index in [-0.39, 0.29) is 18.2 Å². The normalized spacial score (nSPS) is 16.9. The van der Waals surface area contributed by atoms with E-state index in [1.54, 1.807) is 25.1 Å². The number of nitrogens with zero attached hydrogens (tertiary/aromatic N) is 2. The molecule has 1 aromatic heterocycles. The maximum absolute atomic E-state index is 14.2. The average Bonchev–Trinajstić information content (AvgIpc) is 2.83. The van der Waals surface area contributed by atoms with Crippen LogP contribution in [0.15, 0.2) is 47.4 Å². The highest BCUT2D eigenvalue weighted by atomic mass is 32.3. The molecule has 0 saturated carbocycles. The van der Waals surface area contributed by atoms with E-state index in [9.17, 15) is 18.6 Å². The predicted octanol–water partition coefficient (Wildman–Crippen LogP) is 4.22. The van der Waals surface area contributed by atoms with Crippen molar-refractivity contribution in [3.05, 3.63) is 59.4 Å². The number of rotatable bonds is 4. The van der Waals surface area contributed by atoms with E-state index in [1.165, 1.54) is 6.07 Å². The summed E-state index contributed by atoms with van der Waals surface area (Å²) in [7, 11) is -2.88. The molecule has 1 aliphatic rings. The molecule has 1 aliphatic heterocycles. The maximum Gasteiger partial charge on any atom is 0.131 e. The summed E-state index contributed by atoms with van der Waals surface area (Å²) in [5.41, 5.74) is 2.63. The van der Waals surface area contributed by atoms with Gasteiger partial charge in [0.05, 0.1) is 22.8 Å². The van der Waals surface area contributed by atoms with Gasteiger partial charge in [-0.05, 0) is 30.2 Å². The summed E-state index contributed by atoms with van der Waals surface area (Å²) in [6.07, 6.45) is 0. The molecule has 3 aromatic rings. The van der Waals surface area contributed by atoms with E-state index in [0.29, 0.717) is 41.4 Å². The Morgan fingerprint density at radius 2 is 2.00 bits per heavy atom. The first-order chi connectivity index (χ1) is 13.9. The second-order valence-corrected chi connectivity index (χ2v) is 9.38. The lowest BCUT2D eigenvalue weighted by molar-refractivity contribution is 0.311. The van der Waals surface area contributed by atoms with Gasteiger partial charge in [0.25, 0.3) is 0 Å². The lowest BCUT2D eigenvalue weighted by Crippen LogP contribution is -2.26. The molecule has 2 aromatic carbocycles. The summed E-state index contributed by atoms with van der Waals surface area (Å²) in [6, 6.07) is 12.4. The molecule has 0 bridgehead atoms. The average molecular weight is 418 g/mol. The van der Waals surface area contributed by atoms with E-state index < -0.39 is 10.6 Å². The molecule has 4 rings (SSSR count). The van der Waals surface area contributed by atoms with Crippen molar-refractivity contribution in [2.24, 2.45) is 0 Å². The number of halogens is 1. The fourth-order valence-electron chi connectivity index (χ4n) is 3.62. The van der Waals surface area contributed by atoms with Gasteiger partial charge >= 0.3 is 0 Å². The summed E-state index contributed by atoms with van der Waals surface area (Å²) in [5.74, 6) is 0.490. The van der Waals surface area contributed by atoms with Crippen LogP contribution in [0.1, 0.15) is 11.1 Å². The zero-order valence-corrected chi connectivity index (χ0v) is 16.9. The largest absolute Gasteiger partial charge is 0.395 e. The van der Waals surface area contributed by atoms with E-state index in [4.69, 9.17) is 0 Å². The van der Waals surface area contributed by atoms with Crippen LogP contribution in [-0.4, -0.2) is 44.6 Å². The Morgan fingerprint density at radius 3 is 2.79 bits per heavy atom. The van der Waals surface area contributed by atoms with Gasteiger partial charge in [-0.1, -0.05) is 18.2 Å². The lowest BCUT2D eigenvalue weighted by atomic mass is 10.1. The second kappa shape index (κ2) is 7.79. The van der Waals surface area contributed by atoms with Crippen LogP contribution >= 0.6 is 10.6 Å². The SMILES string of the molecule is Cc1cc2c(NCCO)cc(N3CCS(O)(O)c4ccccc4C3)nc2cc1F. The molecule has 29 heavy (non-hydrogen) atoms. The number of benzene rings is 2. The molecule has 0 aliphatic carbocycles. The molecule has 0 atom stereocenters. The van der Waals surface area contributed by atoms with E-state index in [2.05, 4.69) is 10.3 Å². The molecular weight excluding hydrogens is 393 g/mol. The van der Waals surface area contributed by atoms with Gasteiger partial charge in [-0.25, -0.2) is 9.37 Å². The van der Waals surface area contributed by atoms with Crippen molar-refractivity contribution < 1.29 is 18.6 Å². The Bertz CT molecular complexity index is 1060. The van der Waals surface area contributed by atoms with Gasteiger partial charge in [0.15, 0.2) is 0 Å². The first-order valence-electron chi connectivity index (χ1n) is 9.43. The summed E-state index contributed by atoms with van der Waals surface area (Å²) in [6.45, 7) is 2.91. The Kier molecular flexibility index (Phi) is 5.35. The first-order valence-corrected chi connectivity index (χ1v) is 11.1. The molecule has 0 saturated heterocycles. The topological polar surface area (TPSA) is 88.9 Å². The molecule has 4 N–H and O–H groups in total. The molecule has 6 nitrogen and oxygen atoms in total. The van der Waals surface area contributed by atoms with Crippen LogP contribution in [0.5, 0.6) is 0 Å².